The lowest BCUT2D eigenvalue weighted by Gasteiger charge is -2.10. The van der Waals surface area contributed by atoms with Crippen molar-refractivity contribution in [2.45, 2.75) is 26.4 Å². The van der Waals surface area contributed by atoms with Gasteiger partial charge in [-0.05, 0) is 43.2 Å². The van der Waals surface area contributed by atoms with Gasteiger partial charge in [-0.1, -0.05) is 33.6 Å². The van der Waals surface area contributed by atoms with Crippen LogP contribution in [0.1, 0.15) is 27.0 Å². The van der Waals surface area contributed by atoms with Crippen LogP contribution in [0, 0.1) is 13.8 Å². The van der Waals surface area contributed by atoms with Crippen LogP contribution in [-0.2, 0) is 6.42 Å². The van der Waals surface area contributed by atoms with Gasteiger partial charge in [-0.15, -0.1) is 11.3 Å². The molecule has 2 aromatic rings. The van der Waals surface area contributed by atoms with Crippen molar-refractivity contribution in [2.75, 3.05) is 0 Å². The molecule has 96 valence electrons. The minimum Gasteiger partial charge on any atom is -0.387 e. The van der Waals surface area contributed by atoms with E-state index in [4.69, 9.17) is 11.6 Å². The first-order valence-electron chi connectivity index (χ1n) is 5.66. The van der Waals surface area contributed by atoms with Gasteiger partial charge in [0.2, 0.25) is 0 Å². The molecule has 0 spiro atoms. The summed E-state index contributed by atoms with van der Waals surface area (Å²) in [5.41, 5.74) is 2.20. The second-order valence-electron chi connectivity index (χ2n) is 4.34. The second kappa shape index (κ2) is 5.74. The predicted octanol–water partition coefficient (Wildman–Crippen LogP) is 5.06. The molecule has 0 aliphatic rings. The standard InChI is InChI=1S/C14H14BrClOS/c1-8-5-14(18-9(8)2)13(17)6-10-3-4-11(15)7-12(10)16/h3-5,7,13,17H,6H2,1-2H3. The number of thiophene rings is 1. The Hall–Kier alpha value is -0.350. The summed E-state index contributed by atoms with van der Waals surface area (Å²) in [6.45, 7) is 4.14. The first-order chi connectivity index (χ1) is 8.47. The van der Waals surface area contributed by atoms with Gasteiger partial charge in [-0.25, -0.2) is 0 Å². The van der Waals surface area contributed by atoms with Crippen LogP contribution in [0.3, 0.4) is 0 Å². The van der Waals surface area contributed by atoms with E-state index in [2.05, 4.69) is 35.8 Å². The van der Waals surface area contributed by atoms with Crippen LogP contribution < -0.4 is 0 Å². The van der Waals surface area contributed by atoms with Gasteiger partial charge in [0.25, 0.3) is 0 Å². The molecule has 0 radical (unpaired) electrons. The van der Waals surface area contributed by atoms with E-state index in [0.717, 1.165) is 14.9 Å². The average molecular weight is 346 g/mol. The Morgan fingerprint density at radius 1 is 1.33 bits per heavy atom. The molecule has 1 aromatic heterocycles. The van der Waals surface area contributed by atoms with E-state index < -0.39 is 6.10 Å². The molecule has 4 heteroatoms. The lowest BCUT2D eigenvalue weighted by molar-refractivity contribution is 0.182. The van der Waals surface area contributed by atoms with Crippen molar-refractivity contribution in [3.8, 4) is 0 Å². The highest BCUT2D eigenvalue weighted by molar-refractivity contribution is 9.10. The number of hydrogen-bond acceptors (Lipinski definition) is 2. The van der Waals surface area contributed by atoms with Crippen molar-refractivity contribution in [3.63, 3.8) is 0 Å². The molecule has 1 aromatic carbocycles. The predicted molar refractivity (Wildman–Crippen MR) is 81.6 cm³/mol. The highest BCUT2D eigenvalue weighted by Crippen LogP contribution is 2.31. The summed E-state index contributed by atoms with van der Waals surface area (Å²) < 4.78 is 0.952. The van der Waals surface area contributed by atoms with Gasteiger partial charge < -0.3 is 5.11 Å². The van der Waals surface area contributed by atoms with Crippen molar-refractivity contribution < 1.29 is 5.11 Å². The first-order valence-corrected chi connectivity index (χ1v) is 7.65. The van der Waals surface area contributed by atoms with Crippen molar-refractivity contribution in [1.29, 1.82) is 0 Å². The maximum absolute atomic E-state index is 10.2. The van der Waals surface area contributed by atoms with Gasteiger partial charge >= 0.3 is 0 Å². The van der Waals surface area contributed by atoms with Crippen LogP contribution in [0.2, 0.25) is 5.02 Å². The molecule has 0 bridgehead atoms. The molecule has 1 N–H and O–H groups in total. The Balaban J connectivity index is 2.18. The molecule has 0 saturated heterocycles. The third kappa shape index (κ3) is 3.15. The largest absolute Gasteiger partial charge is 0.387 e. The molecule has 0 saturated carbocycles. The summed E-state index contributed by atoms with van der Waals surface area (Å²) in [7, 11) is 0. The Labute approximate surface area is 125 Å². The van der Waals surface area contributed by atoms with E-state index in [1.54, 1.807) is 11.3 Å². The number of rotatable bonds is 3. The molecular weight excluding hydrogens is 332 g/mol. The molecule has 1 heterocycles. The lowest BCUT2D eigenvalue weighted by atomic mass is 10.1. The van der Waals surface area contributed by atoms with Gasteiger partial charge in [0.15, 0.2) is 0 Å². The summed E-state index contributed by atoms with van der Waals surface area (Å²) in [4.78, 5) is 2.26. The van der Waals surface area contributed by atoms with E-state index in [9.17, 15) is 5.11 Å². The van der Waals surface area contributed by atoms with Crippen molar-refractivity contribution in [2.24, 2.45) is 0 Å². The molecule has 0 aliphatic heterocycles. The number of aryl methyl sites for hydroxylation is 2. The normalized spacial score (nSPS) is 12.7. The Morgan fingerprint density at radius 3 is 2.61 bits per heavy atom. The molecule has 0 amide bonds. The van der Waals surface area contributed by atoms with Crippen LogP contribution in [0.4, 0.5) is 0 Å². The summed E-state index contributed by atoms with van der Waals surface area (Å²) in [6, 6.07) is 7.80. The van der Waals surface area contributed by atoms with Crippen molar-refractivity contribution in [1.82, 2.24) is 0 Å². The number of aliphatic hydroxyl groups excluding tert-OH is 1. The molecular formula is C14H14BrClOS. The first kappa shape index (κ1) is 14.1. The molecule has 18 heavy (non-hydrogen) atoms. The summed E-state index contributed by atoms with van der Waals surface area (Å²) in [5, 5.41) is 10.9. The minimum atomic E-state index is -0.485. The van der Waals surface area contributed by atoms with Crippen LogP contribution in [0.15, 0.2) is 28.7 Å². The van der Waals surface area contributed by atoms with Crippen LogP contribution >= 0.6 is 38.9 Å². The number of halogens is 2. The molecule has 2 rings (SSSR count). The fourth-order valence-electron chi connectivity index (χ4n) is 1.76. The highest BCUT2D eigenvalue weighted by atomic mass is 79.9. The van der Waals surface area contributed by atoms with Gasteiger partial charge in [0.1, 0.15) is 0 Å². The van der Waals surface area contributed by atoms with Gasteiger partial charge in [0.05, 0.1) is 6.10 Å². The fourth-order valence-corrected chi connectivity index (χ4v) is 3.54. The zero-order chi connectivity index (χ0) is 13.3. The zero-order valence-corrected chi connectivity index (χ0v) is 13.4. The topological polar surface area (TPSA) is 20.2 Å². The number of aliphatic hydroxyl groups is 1. The summed E-state index contributed by atoms with van der Waals surface area (Å²) >= 11 is 11.2. The Bertz CT molecular complexity index is 545. The number of hydrogen-bond donors (Lipinski definition) is 1. The summed E-state index contributed by atoms with van der Waals surface area (Å²) in [5.74, 6) is 0. The Morgan fingerprint density at radius 2 is 2.06 bits per heavy atom. The number of benzene rings is 1. The van der Waals surface area contributed by atoms with Crippen molar-refractivity contribution in [3.05, 3.63) is 54.6 Å². The highest BCUT2D eigenvalue weighted by Gasteiger charge is 2.14. The summed E-state index contributed by atoms with van der Waals surface area (Å²) in [6.07, 6.45) is 0.0620. The monoisotopic (exact) mass is 344 g/mol. The van der Waals surface area contributed by atoms with E-state index in [1.807, 2.05) is 18.2 Å². The van der Waals surface area contributed by atoms with Crippen LogP contribution in [0.25, 0.3) is 0 Å². The van der Waals surface area contributed by atoms with Crippen molar-refractivity contribution >= 4 is 38.9 Å². The molecule has 0 fully saturated rings. The Kier molecular flexibility index (Phi) is 4.49. The van der Waals surface area contributed by atoms with Crippen LogP contribution in [-0.4, -0.2) is 5.11 Å². The van der Waals surface area contributed by atoms with Gasteiger partial charge in [-0.3, -0.25) is 0 Å². The lowest BCUT2D eigenvalue weighted by Crippen LogP contribution is -2.00. The fraction of sp³-hybridized carbons (Fsp3) is 0.286. The molecule has 1 nitrogen and oxygen atoms in total. The third-order valence-corrected chi connectivity index (χ3v) is 5.04. The average Bonchev–Trinajstić information content (AvgIpc) is 2.63. The van der Waals surface area contributed by atoms with Gasteiger partial charge in [-0.2, -0.15) is 0 Å². The van der Waals surface area contributed by atoms with E-state index >= 15 is 0 Å². The van der Waals surface area contributed by atoms with Gasteiger partial charge in [0, 0.05) is 25.7 Å². The maximum atomic E-state index is 10.2. The quantitative estimate of drug-likeness (QED) is 0.824. The second-order valence-corrected chi connectivity index (χ2v) is 6.95. The van der Waals surface area contributed by atoms with E-state index in [-0.39, 0.29) is 0 Å². The van der Waals surface area contributed by atoms with Crippen LogP contribution in [0.5, 0.6) is 0 Å². The molecule has 0 aliphatic carbocycles. The maximum Gasteiger partial charge on any atom is 0.0922 e. The molecule has 1 atom stereocenters. The zero-order valence-electron chi connectivity index (χ0n) is 10.2. The van der Waals surface area contributed by atoms with E-state index in [0.29, 0.717) is 11.4 Å². The van der Waals surface area contributed by atoms with E-state index in [1.165, 1.54) is 10.4 Å². The molecule has 1 unspecified atom stereocenters. The smallest absolute Gasteiger partial charge is 0.0922 e. The minimum absolute atomic E-state index is 0.485. The third-order valence-electron chi connectivity index (χ3n) is 2.94. The SMILES string of the molecule is Cc1cc(C(O)Cc2ccc(Br)cc2Cl)sc1C.